The van der Waals surface area contributed by atoms with Gasteiger partial charge < -0.3 is 14.2 Å². The smallest absolute Gasteiger partial charge is 0.206 e. The van der Waals surface area contributed by atoms with Crippen LogP contribution >= 0.6 is 0 Å². The SMILES string of the molecule is Cn1cc(-n2ccc(=O)c(COc3ccc4ncc(OCC5(C)COC5)cc4c3)n2)cn1. The minimum atomic E-state index is -0.184. The molecule has 4 heterocycles. The molecular weight excluding hydrogens is 410 g/mol. The molecule has 1 saturated heterocycles. The van der Waals surface area contributed by atoms with Gasteiger partial charge in [-0.25, -0.2) is 4.68 Å². The third-order valence-electron chi connectivity index (χ3n) is 5.33. The summed E-state index contributed by atoms with van der Waals surface area (Å²) in [5.41, 5.74) is 1.78. The van der Waals surface area contributed by atoms with Gasteiger partial charge in [-0.1, -0.05) is 6.92 Å². The van der Waals surface area contributed by atoms with Gasteiger partial charge in [-0.3, -0.25) is 14.5 Å². The Morgan fingerprint density at radius 2 is 1.97 bits per heavy atom. The highest BCUT2D eigenvalue weighted by molar-refractivity contribution is 5.81. The highest BCUT2D eigenvalue weighted by atomic mass is 16.5. The van der Waals surface area contributed by atoms with Crippen LogP contribution in [0.3, 0.4) is 0 Å². The van der Waals surface area contributed by atoms with Gasteiger partial charge in [0, 0.05) is 30.1 Å². The molecule has 1 aliphatic rings. The Kier molecular flexibility index (Phi) is 5.10. The molecule has 1 aliphatic heterocycles. The number of nitrogens with zero attached hydrogens (tertiary/aromatic N) is 5. The monoisotopic (exact) mass is 433 g/mol. The summed E-state index contributed by atoms with van der Waals surface area (Å²) in [5, 5.41) is 9.42. The number of aromatic nitrogens is 5. The van der Waals surface area contributed by atoms with Gasteiger partial charge >= 0.3 is 0 Å². The van der Waals surface area contributed by atoms with Crippen LogP contribution in [0.4, 0.5) is 0 Å². The Bertz CT molecular complexity index is 1330. The second kappa shape index (κ2) is 8.08. The van der Waals surface area contributed by atoms with Gasteiger partial charge in [0.1, 0.15) is 29.5 Å². The van der Waals surface area contributed by atoms with Gasteiger partial charge in [-0.05, 0) is 24.3 Å². The van der Waals surface area contributed by atoms with Crippen LogP contribution in [-0.2, 0) is 18.4 Å². The molecule has 0 unspecified atom stereocenters. The van der Waals surface area contributed by atoms with Crippen LogP contribution in [0.1, 0.15) is 12.6 Å². The summed E-state index contributed by atoms with van der Waals surface area (Å²) in [7, 11) is 1.82. The first-order chi connectivity index (χ1) is 15.5. The zero-order valence-electron chi connectivity index (χ0n) is 17.9. The zero-order valence-corrected chi connectivity index (χ0v) is 17.9. The summed E-state index contributed by atoms with van der Waals surface area (Å²) in [4.78, 5) is 16.7. The summed E-state index contributed by atoms with van der Waals surface area (Å²) in [6.07, 6.45) is 6.83. The minimum absolute atomic E-state index is 0.0490. The molecule has 0 N–H and O–H groups in total. The van der Waals surface area contributed by atoms with E-state index in [-0.39, 0.29) is 17.5 Å². The van der Waals surface area contributed by atoms with E-state index in [9.17, 15) is 4.79 Å². The fourth-order valence-electron chi connectivity index (χ4n) is 3.42. The average molecular weight is 433 g/mol. The van der Waals surface area contributed by atoms with Crippen LogP contribution in [0.25, 0.3) is 16.6 Å². The highest BCUT2D eigenvalue weighted by Crippen LogP contribution is 2.29. The Morgan fingerprint density at radius 1 is 1.12 bits per heavy atom. The molecule has 0 atom stereocenters. The van der Waals surface area contributed by atoms with E-state index in [0.29, 0.717) is 37.0 Å². The zero-order chi connectivity index (χ0) is 22.1. The van der Waals surface area contributed by atoms with E-state index < -0.39 is 0 Å². The molecule has 0 saturated carbocycles. The van der Waals surface area contributed by atoms with Crippen molar-refractivity contribution in [3.05, 3.63) is 71.0 Å². The van der Waals surface area contributed by atoms with E-state index in [1.165, 1.54) is 6.07 Å². The predicted molar refractivity (Wildman–Crippen MR) is 117 cm³/mol. The van der Waals surface area contributed by atoms with Crippen LogP contribution in [-0.4, -0.2) is 44.4 Å². The van der Waals surface area contributed by atoms with Crippen LogP contribution in [0.2, 0.25) is 0 Å². The summed E-state index contributed by atoms with van der Waals surface area (Å²) in [6, 6.07) is 8.99. The molecular formula is C23H23N5O4. The van der Waals surface area contributed by atoms with E-state index in [4.69, 9.17) is 14.2 Å². The summed E-state index contributed by atoms with van der Waals surface area (Å²) < 4.78 is 20.3. The number of hydrogen-bond acceptors (Lipinski definition) is 7. The van der Waals surface area contributed by atoms with E-state index in [0.717, 1.165) is 16.6 Å². The van der Waals surface area contributed by atoms with Crippen molar-refractivity contribution in [3.63, 3.8) is 0 Å². The standard InChI is InChI=1S/C23H23N5O4/c1-23(13-30-14-23)15-32-19-8-16-7-18(3-4-20(16)24-10-19)31-12-21-22(29)5-6-28(26-21)17-9-25-27(2)11-17/h3-11H,12-15H2,1-2H3. The second-order valence-electron chi connectivity index (χ2n) is 8.35. The lowest BCUT2D eigenvalue weighted by Gasteiger charge is -2.37. The normalized spacial score (nSPS) is 14.8. The van der Waals surface area contributed by atoms with E-state index in [2.05, 4.69) is 22.1 Å². The van der Waals surface area contributed by atoms with Crippen molar-refractivity contribution >= 4 is 10.9 Å². The number of aryl methyl sites for hydroxylation is 1. The van der Waals surface area contributed by atoms with Crippen LogP contribution < -0.4 is 14.9 Å². The molecule has 9 heteroatoms. The van der Waals surface area contributed by atoms with Gasteiger partial charge in [-0.2, -0.15) is 10.2 Å². The van der Waals surface area contributed by atoms with Crippen molar-refractivity contribution < 1.29 is 14.2 Å². The van der Waals surface area contributed by atoms with Crippen molar-refractivity contribution in [3.8, 4) is 17.2 Å². The van der Waals surface area contributed by atoms with Gasteiger partial charge in [0.2, 0.25) is 5.43 Å². The van der Waals surface area contributed by atoms with Crippen LogP contribution in [0, 0.1) is 5.41 Å². The van der Waals surface area contributed by atoms with Gasteiger partial charge in [0.05, 0.1) is 43.9 Å². The Morgan fingerprint density at radius 3 is 2.72 bits per heavy atom. The van der Waals surface area contributed by atoms with E-state index >= 15 is 0 Å². The minimum Gasteiger partial charge on any atom is -0.491 e. The fraction of sp³-hybridized carbons (Fsp3) is 0.304. The van der Waals surface area contributed by atoms with E-state index in [1.807, 2.05) is 37.5 Å². The number of ether oxygens (including phenoxy) is 3. The molecule has 1 fully saturated rings. The lowest BCUT2D eigenvalue weighted by atomic mass is 9.90. The molecule has 3 aromatic heterocycles. The van der Waals surface area contributed by atoms with Crippen LogP contribution in [0.5, 0.6) is 11.5 Å². The molecule has 0 bridgehead atoms. The molecule has 32 heavy (non-hydrogen) atoms. The molecule has 1 aromatic carbocycles. The highest BCUT2D eigenvalue weighted by Gasteiger charge is 2.34. The van der Waals surface area contributed by atoms with Gasteiger partial charge in [0.15, 0.2) is 0 Å². The average Bonchev–Trinajstić information content (AvgIpc) is 3.21. The third-order valence-corrected chi connectivity index (χ3v) is 5.33. The Hall–Kier alpha value is -3.72. The first-order valence-corrected chi connectivity index (χ1v) is 10.3. The van der Waals surface area contributed by atoms with E-state index in [1.54, 1.807) is 28.0 Å². The molecule has 5 rings (SSSR count). The predicted octanol–water partition coefficient (Wildman–Crippen LogP) is 2.51. The summed E-state index contributed by atoms with van der Waals surface area (Å²) in [5.74, 6) is 1.32. The van der Waals surface area contributed by atoms with Crippen molar-refractivity contribution in [1.29, 1.82) is 0 Å². The number of benzene rings is 1. The van der Waals surface area contributed by atoms with Crippen molar-refractivity contribution in [2.24, 2.45) is 12.5 Å². The maximum Gasteiger partial charge on any atom is 0.206 e. The molecule has 0 amide bonds. The summed E-state index contributed by atoms with van der Waals surface area (Å²) >= 11 is 0. The first-order valence-electron chi connectivity index (χ1n) is 10.3. The molecule has 164 valence electrons. The van der Waals surface area contributed by atoms with Crippen molar-refractivity contribution in [1.82, 2.24) is 24.5 Å². The first kappa shape index (κ1) is 20.2. The number of fused-ring (bicyclic) bond motifs is 1. The molecule has 9 nitrogen and oxygen atoms in total. The topological polar surface area (TPSA) is 93.3 Å². The number of rotatable bonds is 7. The van der Waals surface area contributed by atoms with Crippen molar-refractivity contribution in [2.45, 2.75) is 13.5 Å². The molecule has 0 radical (unpaired) electrons. The van der Waals surface area contributed by atoms with Crippen molar-refractivity contribution in [2.75, 3.05) is 19.8 Å². The fourth-order valence-corrected chi connectivity index (χ4v) is 3.42. The lowest BCUT2D eigenvalue weighted by Crippen LogP contribution is -2.44. The van der Waals surface area contributed by atoms with Gasteiger partial charge in [0.25, 0.3) is 0 Å². The Labute approximate surface area is 184 Å². The molecule has 4 aromatic rings. The number of pyridine rings is 1. The maximum absolute atomic E-state index is 12.3. The largest absolute Gasteiger partial charge is 0.491 e. The third kappa shape index (κ3) is 4.19. The molecule has 0 spiro atoms. The second-order valence-corrected chi connectivity index (χ2v) is 8.35. The Balaban J connectivity index is 1.31. The van der Waals surface area contributed by atoms with Gasteiger partial charge in [-0.15, -0.1) is 0 Å². The lowest BCUT2D eigenvalue weighted by molar-refractivity contribution is -0.120. The summed E-state index contributed by atoms with van der Waals surface area (Å²) in [6.45, 7) is 4.19. The maximum atomic E-state index is 12.3. The van der Waals surface area contributed by atoms with Crippen LogP contribution in [0.15, 0.2) is 59.9 Å². The molecule has 0 aliphatic carbocycles. The quantitative estimate of drug-likeness (QED) is 0.442. The number of hydrogen-bond donors (Lipinski definition) is 0.